The van der Waals surface area contributed by atoms with Gasteiger partial charge in [0.15, 0.2) is 0 Å². The Balaban J connectivity index is 1.59. The number of alkyl halides is 2. The molecule has 0 atom stereocenters. The van der Waals surface area contributed by atoms with E-state index < -0.39 is 18.4 Å². The second-order valence-corrected chi connectivity index (χ2v) is 6.36. The minimum absolute atomic E-state index is 0.0992. The fourth-order valence-corrected chi connectivity index (χ4v) is 3.65. The van der Waals surface area contributed by atoms with E-state index in [1.807, 2.05) is 6.07 Å². The van der Waals surface area contributed by atoms with E-state index in [4.69, 9.17) is 0 Å². The van der Waals surface area contributed by atoms with Gasteiger partial charge in [-0.1, -0.05) is 6.07 Å². The van der Waals surface area contributed by atoms with Crippen molar-refractivity contribution in [1.29, 1.82) is 0 Å². The van der Waals surface area contributed by atoms with Crippen LogP contribution in [0.4, 0.5) is 8.78 Å². The van der Waals surface area contributed by atoms with Gasteiger partial charge in [-0.05, 0) is 49.1 Å². The molecule has 0 saturated heterocycles. The molecule has 2 amide bonds. The molecule has 126 valence electrons. The second kappa shape index (κ2) is 6.96. The van der Waals surface area contributed by atoms with Gasteiger partial charge in [0.2, 0.25) is 0 Å². The molecule has 0 spiro atoms. The Labute approximate surface area is 140 Å². The summed E-state index contributed by atoms with van der Waals surface area (Å²) >= 11 is 1.42. The fraction of sp³-hybridized carbons (Fsp3) is 0.250. The van der Waals surface area contributed by atoms with Gasteiger partial charge in [-0.25, -0.2) is 0 Å². The molecule has 0 aliphatic heterocycles. The number of hydrogen-bond donors (Lipinski definition) is 2. The zero-order chi connectivity index (χ0) is 17.1. The average Bonchev–Trinajstić information content (AvgIpc) is 3.13. The highest BCUT2D eigenvalue weighted by Crippen LogP contribution is 2.30. The third-order valence-electron chi connectivity index (χ3n) is 3.58. The second-order valence-electron chi connectivity index (χ2n) is 5.23. The molecule has 0 bridgehead atoms. The van der Waals surface area contributed by atoms with E-state index in [-0.39, 0.29) is 11.3 Å². The predicted molar refractivity (Wildman–Crippen MR) is 84.4 cm³/mol. The first kappa shape index (κ1) is 16.4. The van der Waals surface area contributed by atoms with Crippen LogP contribution in [0, 0.1) is 0 Å². The topological polar surface area (TPSA) is 67.4 Å². The van der Waals surface area contributed by atoms with Crippen molar-refractivity contribution in [3.05, 3.63) is 51.2 Å². The maximum absolute atomic E-state index is 12.2. The number of ether oxygens (including phenoxy) is 1. The van der Waals surface area contributed by atoms with E-state index in [9.17, 15) is 18.4 Å². The minimum Gasteiger partial charge on any atom is -0.435 e. The molecule has 1 aliphatic rings. The quantitative estimate of drug-likeness (QED) is 0.832. The van der Waals surface area contributed by atoms with E-state index in [2.05, 4.69) is 15.6 Å². The number of rotatable bonds is 4. The number of aryl methyl sites for hydroxylation is 2. The number of benzene rings is 1. The molecule has 1 heterocycles. The van der Waals surface area contributed by atoms with Crippen LogP contribution in [0.15, 0.2) is 30.3 Å². The Hall–Kier alpha value is -2.48. The van der Waals surface area contributed by atoms with Gasteiger partial charge < -0.3 is 4.74 Å². The molecule has 0 fully saturated rings. The summed E-state index contributed by atoms with van der Waals surface area (Å²) in [5.74, 6) is -1.14. The van der Waals surface area contributed by atoms with Gasteiger partial charge in [0, 0.05) is 10.4 Å². The first-order valence-corrected chi connectivity index (χ1v) is 8.12. The maximum atomic E-state index is 12.2. The van der Waals surface area contributed by atoms with Crippen LogP contribution in [-0.2, 0) is 12.8 Å². The highest BCUT2D eigenvalue weighted by Gasteiger charge is 2.19. The molecule has 1 aromatic carbocycles. The molecule has 3 rings (SSSR count). The summed E-state index contributed by atoms with van der Waals surface area (Å²) in [5, 5.41) is 0. The fourth-order valence-electron chi connectivity index (χ4n) is 2.50. The van der Waals surface area contributed by atoms with E-state index in [1.165, 1.54) is 46.0 Å². The van der Waals surface area contributed by atoms with Crippen LogP contribution in [0.5, 0.6) is 5.75 Å². The van der Waals surface area contributed by atoms with Crippen LogP contribution < -0.4 is 15.6 Å². The zero-order valence-corrected chi connectivity index (χ0v) is 13.3. The van der Waals surface area contributed by atoms with Crippen molar-refractivity contribution in [2.24, 2.45) is 0 Å². The lowest BCUT2D eigenvalue weighted by Gasteiger charge is -2.08. The van der Waals surface area contributed by atoms with Crippen molar-refractivity contribution in [2.45, 2.75) is 25.9 Å². The zero-order valence-electron chi connectivity index (χ0n) is 12.5. The number of amides is 2. The van der Waals surface area contributed by atoms with Crippen molar-refractivity contribution >= 4 is 23.2 Å². The SMILES string of the molecule is O=C(NNC(=O)c1cc2c(s1)CCC2)c1cccc(OC(F)F)c1. The highest BCUT2D eigenvalue weighted by atomic mass is 32.1. The average molecular weight is 352 g/mol. The Morgan fingerprint density at radius 1 is 1.12 bits per heavy atom. The predicted octanol–water partition coefficient (Wildman–Crippen LogP) is 2.91. The Morgan fingerprint density at radius 2 is 1.92 bits per heavy atom. The van der Waals surface area contributed by atoms with E-state index >= 15 is 0 Å². The summed E-state index contributed by atoms with van der Waals surface area (Å²) in [4.78, 5) is 25.8. The van der Waals surface area contributed by atoms with Crippen molar-refractivity contribution < 1.29 is 23.1 Å². The number of thiophene rings is 1. The molecule has 1 aromatic heterocycles. The van der Waals surface area contributed by atoms with Crippen LogP contribution in [-0.4, -0.2) is 18.4 Å². The summed E-state index contributed by atoms with van der Waals surface area (Å²) in [7, 11) is 0. The molecule has 5 nitrogen and oxygen atoms in total. The number of hydrazine groups is 1. The molecule has 2 aromatic rings. The van der Waals surface area contributed by atoms with Crippen LogP contribution in [0.25, 0.3) is 0 Å². The Bertz CT molecular complexity index is 755. The standard InChI is InChI=1S/C16H14F2N2O3S/c17-16(18)23-11-5-1-4-10(7-11)14(21)19-20-15(22)13-8-9-3-2-6-12(9)24-13/h1,4-5,7-8,16H,2-3,6H2,(H,19,21)(H,20,22). The first-order valence-electron chi connectivity index (χ1n) is 7.30. The van der Waals surface area contributed by atoms with Gasteiger partial charge in [-0.2, -0.15) is 8.78 Å². The number of halogens is 2. The van der Waals surface area contributed by atoms with Gasteiger partial charge >= 0.3 is 6.61 Å². The van der Waals surface area contributed by atoms with Gasteiger partial charge in [-0.15, -0.1) is 11.3 Å². The van der Waals surface area contributed by atoms with Crippen LogP contribution in [0.3, 0.4) is 0 Å². The number of carbonyl (C=O) groups excluding carboxylic acids is 2. The number of hydrogen-bond acceptors (Lipinski definition) is 4. The van der Waals surface area contributed by atoms with Crippen molar-refractivity contribution in [3.63, 3.8) is 0 Å². The maximum Gasteiger partial charge on any atom is 0.387 e. The van der Waals surface area contributed by atoms with Crippen LogP contribution in [0.1, 0.15) is 36.9 Å². The van der Waals surface area contributed by atoms with Crippen LogP contribution in [0.2, 0.25) is 0 Å². The van der Waals surface area contributed by atoms with E-state index in [0.717, 1.165) is 19.3 Å². The van der Waals surface area contributed by atoms with Gasteiger partial charge in [0.1, 0.15) is 5.75 Å². The Kier molecular flexibility index (Phi) is 4.75. The first-order chi connectivity index (χ1) is 11.5. The van der Waals surface area contributed by atoms with Crippen molar-refractivity contribution in [1.82, 2.24) is 10.9 Å². The minimum atomic E-state index is -2.97. The number of nitrogens with one attached hydrogen (secondary N) is 2. The summed E-state index contributed by atoms with van der Waals surface area (Å²) in [6.07, 6.45) is 3.07. The monoisotopic (exact) mass is 352 g/mol. The lowest BCUT2D eigenvalue weighted by molar-refractivity contribution is -0.0498. The largest absolute Gasteiger partial charge is 0.435 e. The Morgan fingerprint density at radius 3 is 2.67 bits per heavy atom. The molecule has 1 aliphatic carbocycles. The van der Waals surface area contributed by atoms with E-state index in [1.54, 1.807) is 0 Å². The molecule has 24 heavy (non-hydrogen) atoms. The third kappa shape index (κ3) is 3.70. The molecule has 8 heteroatoms. The number of fused-ring (bicyclic) bond motifs is 1. The highest BCUT2D eigenvalue weighted by molar-refractivity contribution is 7.14. The normalized spacial score (nSPS) is 12.8. The van der Waals surface area contributed by atoms with Crippen LogP contribution >= 0.6 is 11.3 Å². The van der Waals surface area contributed by atoms with Gasteiger partial charge in [-0.3, -0.25) is 20.4 Å². The molecule has 2 N–H and O–H groups in total. The van der Waals surface area contributed by atoms with Gasteiger partial charge in [0.05, 0.1) is 4.88 Å². The lowest BCUT2D eigenvalue weighted by atomic mass is 10.2. The molecular formula is C16H14F2N2O3S. The summed E-state index contributed by atoms with van der Waals surface area (Å²) < 4.78 is 28.6. The van der Waals surface area contributed by atoms with Crippen molar-refractivity contribution in [2.75, 3.05) is 0 Å². The third-order valence-corrected chi connectivity index (χ3v) is 4.82. The molecular weight excluding hydrogens is 338 g/mol. The van der Waals surface area contributed by atoms with E-state index in [0.29, 0.717) is 4.88 Å². The number of carbonyl (C=O) groups is 2. The molecule has 0 saturated carbocycles. The lowest BCUT2D eigenvalue weighted by Crippen LogP contribution is -2.41. The molecule has 0 unspecified atom stereocenters. The summed E-state index contributed by atoms with van der Waals surface area (Å²) in [5.41, 5.74) is 5.88. The summed E-state index contributed by atoms with van der Waals surface area (Å²) in [6.45, 7) is -2.97. The smallest absolute Gasteiger partial charge is 0.387 e. The summed E-state index contributed by atoms with van der Waals surface area (Å²) in [6, 6.07) is 7.17. The van der Waals surface area contributed by atoms with Crippen molar-refractivity contribution in [3.8, 4) is 5.75 Å². The van der Waals surface area contributed by atoms with Gasteiger partial charge in [0.25, 0.3) is 11.8 Å². The molecule has 0 radical (unpaired) electrons.